The monoisotopic (exact) mass is 666 g/mol. The number of aryl methyl sites for hydroxylation is 1. The van der Waals surface area contributed by atoms with E-state index in [0.29, 0.717) is 6.42 Å². The fraction of sp³-hybridized carbons (Fsp3) is 0.902. The normalized spacial score (nSPS) is 11.9. The second kappa shape index (κ2) is 33.9. The minimum absolute atomic E-state index is 0. The zero-order chi connectivity index (χ0) is 32.6. The molecular weight excluding hydrogens is 586 g/mol. The summed E-state index contributed by atoms with van der Waals surface area (Å²) in [7, 11) is 2.14. The number of carbonyl (C=O) groups is 1. The third kappa shape index (κ3) is 26.0. The largest absolute Gasteiger partial charge is 1.00 e. The van der Waals surface area contributed by atoms with Gasteiger partial charge in [-0.1, -0.05) is 194 Å². The van der Waals surface area contributed by atoms with Crippen LogP contribution in [0.15, 0.2) is 12.4 Å². The number of nitrogens with one attached hydrogen (secondary N) is 1. The Labute approximate surface area is 294 Å². The van der Waals surface area contributed by atoms with Gasteiger partial charge in [-0.3, -0.25) is 4.79 Å². The summed E-state index contributed by atoms with van der Waals surface area (Å²) in [4.78, 5) is 12.7. The van der Waals surface area contributed by atoms with E-state index in [-0.39, 0.29) is 24.5 Å². The Kier molecular flexibility index (Phi) is 33.1. The van der Waals surface area contributed by atoms with Crippen LogP contribution in [0.3, 0.4) is 0 Å². The van der Waals surface area contributed by atoms with Crippen LogP contribution in [0.4, 0.5) is 0 Å². The van der Waals surface area contributed by atoms with Crippen molar-refractivity contribution in [1.82, 2.24) is 9.88 Å². The van der Waals surface area contributed by atoms with E-state index < -0.39 is 0 Å². The Morgan fingerprint density at radius 2 is 0.913 bits per heavy atom. The van der Waals surface area contributed by atoms with Gasteiger partial charge in [0.1, 0.15) is 12.4 Å². The van der Waals surface area contributed by atoms with Crippen LogP contribution in [-0.4, -0.2) is 10.5 Å². The predicted octanol–water partition coefficient (Wildman–Crippen LogP) is 9.63. The van der Waals surface area contributed by atoms with Gasteiger partial charge in [-0.25, -0.2) is 9.13 Å². The number of rotatable bonds is 34. The predicted molar refractivity (Wildman–Crippen MR) is 197 cm³/mol. The molecule has 0 saturated carbocycles. The molecule has 0 fully saturated rings. The van der Waals surface area contributed by atoms with Gasteiger partial charge in [-0.05, 0) is 19.8 Å². The van der Waals surface area contributed by atoms with E-state index in [2.05, 4.69) is 54.7 Å². The molecular formula is C41H80ClN3O. The van der Waals surface area contributed by atoms with E-state index in [1.54, 1.807) is 0 Å². The number of unbranched alkanes of at least 4 members (excludes halogenated alkanes) is 28. The molecule has 1 rings (SSSR count). The summed E-state index contributed by atoms with van der Waals surface area (Å²) in [6.45, 7) is 6.71. The number of aromatic nitrogens is 2. The van der Waals surface area contributed by atoms with Crippen molar-refractivity contribution in [2.45, 2.75) is 232 Å². The molecule has 1 aromatic rings. The first-order chi connectivity index (χ1) is 22.1. The third-order valence-electron chi connectivity index (χ3n) is 9.95. The Morgan fingerprint density at radius 3 is 1.28 bits per heavy atom. The Balaban J connectivity index is 0.0000202. The molecule has 1 N–H and O–H groups in total. The summed E-state index contributed by atoms with van der Waals surface area (Å²) in [5.74, 6) is 1.52. The maximum absolute atomic E-state index is 12.7. The van der Waals surface area contributed by atoms with Crippen molar-refractivity contribution in [2.24, 2.45) is 7.05 Å². The number of halogens is 1. The van der Waals surface area contributed by atoms with Gasteiger partial charge < -0.3 is 17.7 Å². The summed E-state index contributed by atoms with van der Waals surface area (Å²) >= 11 is 0. The highest BCUT2D eigenvalue weighted by Gasteiger charge is 2.20. The van der Waals surface area contributed by atoms with Crippen LogP contribution in [0.5, 0.6) is 0 Å². The van der Waals surface area contributed by atoms with Crippen LogP contribution in [0, 0.1) is 0 Å². The van der Waals surface area contributed by atoms with E-state index in [1.807, 2.05) is 0 Å². The van der Waals surface area contributed by atoms with Crippen LogP contribution in [0.2, 0.25) is 0 Å². The van der Waals surface area contributed by atoms with Gasteiger partial charge in [0.05, 0.1) is 7.05 Å². The Hall–Kier alpha value is -1.03. The van der Waals surface area contributed by atoms with Crippen LogP contribution >= 0.6 is 0 Å². The smallest absolute Gasteiger partial charge is 0.257 e. The minimum atomic E-state index is 0. The average Bonchev–Trinajstić information content (AvgIpc) is 3.40. The minimum Gasteiger partial charge on any atom is -1.00 e. The SMILES string of the molecule is CCCCCCCCCCCCCCCCCC(=O)NC(C)[n+]1ccn(C)c1CCCCCCCCCCCCCCCCC.[Cl-]. The van der Waals surface area contributed by atoms with Crippen LogP contribution in [0.1, 0.15) is 232 Å². The molecule has 5 heteroatoms. The molecule has 1 heterocycles. The van der Waals surface area contributed by atoms with Crippen molar-refractivity contribution < 1.29 is 21.8 Å². The van der Waals surface area contributed by atoms with Crippen molar-refractivity contribution >= 4 is 5.91 Å². The lowest BCUT2D eigenvalue weighted by Crippen LogP contribution is -3.00. The molecule has 1 unspecified atom stereocenters. The third-order valence-corrected chi connectivity index (χ3v) is 9.95. The van der Waals surface area contributed by atoms with Crippen LogP contribution in [-0.2, 0) is 18.3 Å². The lowest BCUT2D eigenvalue weighted by molar-refractivity contribution is -0.729. The van der Waals surface area contributed by atoms with E-state index in [9.17, 15) is 4.79 Å². The topological polar surface area (TPSA) is 37.9 Å². The molecule has 0 saturated heterocycles. The fourth-order valence-corrected chi connectivity index (χ4v) is 6.87. The number of carbonyl (C=O) groups excluding carboxylic acids is 1. The molecule has 0 radical (unpaired) electrons. The molecule has 0 aliphatic rings. The molecule has 46 heavy (non-hydrogen) atoms. The Bertz CT molecular complexity index is 780. The first-order valence-corrected chi connectivity index (χ1v) is 20.4. The molecule has 4 nitrogen and oxygen atoms in total. The highest BCUT2D eigenvalue weighted by molar-refractivity contribution is 5.75. The molecule has 0 bridgehead atoms. The molecule has 0 aliphatic heterocycles. The summed E-state index contributed by atoms with van der Waals surface area (Å²) in [5.41, 5.74) is 0. The van der Waals surface area contributed by atoms with E-state index in [1.165, 1.54) is 192 Å². The van der Waals surface area contributed by atoms with Gasteiger partial charge in [-0.2, -0.15) is 0 Å². The zero-order valence-electron chi connectivity index (χ0n) is 31.5. The first kappa shape index (κ1) is 45.0. The van der Waals surface area contributed by atoms with Crippen LogP contribution in [0.25, 0.3) is 0 Å². The van der Waals surface area contributed by atoms with Crippen molar-refractivity contribution in [3.05, 3.63) is 18.2 Å². The lowest BCUT2D eigenvalue weighted by Gasteiger charge is -2.13. The summed E-state index contributed by atoms with van der Waals surface area (Å²) in [5, 5.41) is 3.26. The van der Waals surface area contributed by atoms with Gasteiger partial charge in [0.25, 0.3) is 5.82 Å². The number of hydrogen-bond donors (Lipinski definition) is 1. The number of imidazole rings is 1. The van der Waals surface area contributed by atoms with Crippen molar-refractivity contribution in [3.8, 4) is 0 Å². The molecule has 272 valence electrons. The summed E-state index contributed by atoms with van der Waals surface area (Å²) in [6.07, 6.45) is 47.4. The summed E-state index contributed by atoms with van der Waals surface area (Å²) in [6, 6.07) is 0. The van der Waals surface area contributed by atoms with E-state index in [4.69, 9.17) is 0 Å². The van der Waals surface area contributed by atoms with Gasteiger partial charge in [0, 0.05) is 12.8 Å². The maximum Gasteiger partial charge on any atom is 0.257 e. The summed E-state index contributed by atoms with van der Waals surface area (Å²) < 4.78 is 4.51. The second-order valence-electron chi connectivity index (χ2n) is 14.4. The molecule has 1 aromatic heterocycles. The lowest BCUT2D eigenvalue weighted by atomic mass is 10.0. The van der Waals surface area contributed by atoms with Crippen LogP contribution < -0.4 is 22.3 Å². The van der Waals surface area contributed by atoms with Gasteiger partial charge in [0.15, 0.2) is 6.17 Å². The van der Waals surface area contributed by atoms with Crippen molar-refractivity contribution in [2.75, 3.05) is 0 Å². The number of nitrogens with zero attached hydrogens (tertiary/aromatic N) is 2. The molecule has 0 aliphatic carbocycles. The quantitative estimate of drug-likeness (QED) is 0.0578. The molecule has 1 amide bonds. The fourth-order valence-electron chi connectivity index (χ4n) is 6.87. The average molecular weight is 667 g/mol. The van der Waals surface area contributed by atoms with Gasteiger partial charge in [0.2, 0.25) is 5.91 Å². The number of hydrogen-bond acceptors (Lipinski definition) is 1. The first-order valence-electron chi connectivity index (χ1n) is 20.4. The highest BCUT2D eigenvalue weighted by Crippen LogP contribution is 2.16. The molecule has 1 atom stereocenters. The Morgan fingerprint density at radius 1 is 0.587 bits per heavy atom. The highest BCUT2D eigenvalue weighted by atomic mass is 35.5. The van der Waals surface area contributed by atoms with Gasteiger partial charge in [-0.15, -0.1) is 0 Å². The maximum atomic E-state index is 12.7. The standard InChI is InChI=1S/C41H79N3O.ClH/c1-5-7-9-11-13-15-17-19-21-23-25-27-29-31-33-35-40(45)42-39(3)44-38-37-43(4)41(44)36-34-32-30-28-26-24-22-20-18-16-14-12-10-8-6-2;/h37-39H,5-36H2,1-4H3;1H. The van der Waals surface area contributed by atoms with Crippen molar-refractivity contribution in [1.29, 1.82) is 0 Å². The van der Waals surface area contributed by atoms with E-state index in [0.717, 1.165) is 12.8 Å². The molecule has 0 aromatic carbocycles. The van der Waals surface area contributed by atoms with Gasteiger partial charge >= 0.3 is 0 Å². The van der Waals surface area contributed by atoms with Crippen molar-refractivity contribution in [3.63, 3.8) is 0 Å². The van der Waals surface area contributed by atoms with E-state index >= 15 is 0 Å². The zero-order valence-corrected chi connectivity index (χ0v) is 32.3. The molecule has 0 spiro atoms. The second-order valence-corrected chi connectivity index (χ2v) is 14.4. The number of amides is 1.